The largest absolute Gasteiger partial charge is 0.497 e. The smallest absolute Gasteiger partial charge is 0.266 e. The quantitative estimate of drug-likeness (QED) is 0.219. The Hall–Kier alpha value is -3.79. The second-order valence-corrected chi connectivity index (χ2v) is 16.5. The maximum Gasteiger partial charge on any atom is 0.266 e. The Morgan fingerprint density at radius 2 is 1.79 bits per heavy atom. The van der Waals surface area contributed by atoms with Gasteiger partial charge in [0.25, 0.3) is 10.0 Å². The molecule has 1 fully saturated rings. The number of anilines is 1. The molecule has 0 spiro atoms. The molecule has 0 bridgehead atoms. The van der Waals surface area contributed by atoms with E-state index in [2.05, 4.69) is 14.3 Å². The van der Waals surface area contributed by atoms with Crippen LogP contribution in [0.1, 0.15) is 48.0 Å². The predicted molar refractivity (Wildman–Crippen MR) is 176 cm³/mol. The highest BCUT2D eigenvalue weighted by atomic mass is 32.2. The van der Waals surface area contributed by atoms with E-state index in [1.54, 1.807) is 42.5 Å². The minimum absolute atomic E-state index is 0.0189. The van der Waals surface area contributed by atoms with Gasteiger partial charge < -0.3 is 14.2 Å². The predicted octanol–water partition coefficient (Wildman–Crippen LogP) is 5.16. The van der Waals surface area contributed by atoms with E-state index >= 15 is 0 Å². The second kappa shape index (κ2) is 13.4. The van der Waals surface area contributed by atoms with Gasteiger partial charge in [-0.05, 0) is 48.7 Å². The molecule has 1 aromatic heterocycles. The minimum atomic E-state index is -4.16. The van der Waals surface area contributed by atoms with E-state index in [1.165, 1.54) is 49.3 Å². The monoisotopic (exact) mass is 702 g/mol. The van der Waals surface area contributed by atoms with E-state index in [-0.39, 0.29) is 34.5 Å². The van der Waals surface area contributed by atoms with Crippen molar-refractivity contribution in [3.05, 3.63) is 89.5 Å². The average Bonchev–Trinajstić information content (AvgIpc) is 3.61. The van der Waals surface area contributed by atoms with Gasteiger partial charge in [0, 0.05) is 66.1 Å². The van der Waals surface area contributed by atoms with Crippen LogP contribution in [0.25, 0.3) is 0 Å². The zero-order valence-electron chi connectivity index (χ0n) is 26.1. The van der Waals surface area contributed by atoms with Crippen molar-refractivity contribution < 1.29 is 35.4 Å². The van der Waals surface area contributed by atoms with E-state index < -0.39 is 25.1 Å². The fourth-order valence-electron chi connectivity index (χ4n) is 6.38. The molecule has 2 aliphatic rings. The number of sulfonamides is 1. The van der Waals surface area contributed by atoms with Gasteiger partial charge in [-0.2, -0.15) is 4.37 Å². The lowest BCUT2D eigenvalue weighted by atomic mass is 9.89. The molecule has 4 aromatic rings. The molecule has 0 radical (unpaired) electrons. The summed E-state index contributed by atoms with van der Waals surface area (Å²) in [7, 11) is -4.41. The number of fused-ring (bicyclic) bond motifs is 1. The number of hydrogen-bond acceptors (Lipinski definition) is 11. The highest BCUT2D eigenvalue weighted by Gasteiger charge is 2.40. The standard InChI is InChI=1S/C32H35FN4O7S3/c1-42-24-9-6-22(30(16-24)43-2)19-37(32-34-20-35-45-32)47(40,41)26-10-11-27-28(13-15-44-31(27)18-26)36-14-12-25(46(3,38)39)17-29(36)21-4-7-23(33)8-5-21/h4-11,16,18,20,25,28-29H,12-15,17,19H2,1-3H3/t25-,28-,29+/m1/s1. The maximum absolute atomic E-state index is 14.3. The Labute approximate surface area is 278 Å². The molecular weight excluding hydrogens is 668 g/mol. The molecule has 3 aromatic carbocycles. The summed E-state index contributed by atoms with van der Waals surface area (Å²) in [5.74, 6) is 1.10. The first-order chi connectivity index (χ1) is 22.5. The Morgan fingerprint density at radius 3 is 2.47 bits per heavy atom. The third kappa shape index (κ3) is 6.80. The summed E-state index contributed by atoms with van der Waals surface area (Å²) in [4.78, 5) is 6.47. The molecule has 47 heavy (non-hydrogen) atoms. The summed E-state index contributed by atoms with van der Waals surface area (Å²) in [6.45, 7) is 0.769. The van der Waals surface area contributed by atoms with Gasteiger partial charge in [-0.15, -0.1) is 0 Å². The SMILES string of the molecule is COc1ccc(CN(c2ncns2)S(=O)(=O)c2ccc3c(c2)OCC[C@H]3N2CC[C@@H](S(C)(=O)=O)C[C@H]2c2ccc(F)cc2)c(OC)c1. The van der Waals surface area contributed by atoms with Crippen molar-refractivity contribution in [2.75, 3.05) is 37.9 Å². The van der Waals surface area contributed by atoms with E-state index in [4.69, 9.17) is 14.2 Å². The maximum atomic E-state index is 14.3. The molecular formula is C32H35FN4O7S3. The van der Waals surface area contributed by atoms with Crippen molar-refractivity contribution in [3.8, 4) is 17.2 Å². The van der Waals surface area contributed by atoms with Crippen LogP contribution < -0.4 is 18.5 Å². The number of likely N-dealkylation sites (tertiary alicyclic amines) is 1. The number of nitrogens with zero attached hydrogens (tertiary/aromatic N) is 4. The lowest BCUT2D eigenvalue weighted by molar-refractivity contribution is 0.0680. The van der Waals surface area contributed by atoms with Gasteiger partial charge in [0.15, 0.2) is 0 Å². The lowest BCUT2D eigenvalue weighted by Gasteiger charge is -2.45. The van der Waals surface area contributed by atoms with Gasteiger partial charge >= 0.3 is 0 Å². The molecule has 1 saturated heterocycles. The molecule has 11 nitrogen and oxygen atoms in total. The van der Waals surface area contributed by atoms with Crippen LogP contribution in [0.5, 0.6) is 17.2 Å². The van der Waals surface area contributed by atoms with Crippen molar-refractivity contribution in [2.45, 2.75) is 48.0 Å². The number of rotatable bonds is 10. The summed E-state index contributed by atoms with van der Waals surface area (Å²) >= 11 is 0.958. The van der Waals surface area contributed by atoms with E-state index in [1.807, 2.05) is 0 Å². The highest BCUT2D eigenvalue weighted by molar-refractivity contribution is 7.93. The average molecular weight is 703 g/mol. The van der Waals surface area contributed by atoms with Crippen LogP contribution >= 0.6 is 11.5 Å². The first-order valence-corrected chi connectivity index (χ1v) is 19.1. The molecule has 15 heteroatoms. The van der Waals surface area contributed by atoms with Crippen molar-refractivity contribution in [2.24, 2.45) is 0 Å². The number of piperidine rings is 1. The second-order valence-electron chi connectivity index (χ2n) is 11.5. The number of benzene rings is 3. The molecule has 0 saturated carbocycles. The normalized spacial score (nSPS) is 20.2. The highest BCUT2D eigenvalue weighted by Crippen LogP contribution is 2.45. The summed E-state index contributed by atoms with van der Waals surface area (Å²) in [6, 6.07) is 15.7. The van der Waals surface area contributed by atoms with E-state index in [9.17, 15) is 21.2 Å². The third-order valence-electron chi connectivity index (χ3n) is 8.81. The van der Waals surface area contributed by atoms with Crippen LogP contribution in [0.3, 0.4) is 0 Å². The lowest BCUT2D eigenvalue weighted by Crippen LogP contribution is -2.44. The fraction of sp³-hybridized carbons (Fsp3) is 0.375. The summed E-state index contributed by atoms with van der Waals surface area (Å²) in [5.41, 5.74) is 2.23. The van der Waals surface area contributed by atoms with Crippen LogP contribution in [0.2, 0.25) is 0 Å². The molecule has 2 aliphatic heterocycles. The topological polar surface area (TPSA) is 128 Å². The number of sulfone groups is 1. The first kappa shape index (κ1) is 33.1. The number of hydrogen-bond donors (Lipinski definition) is 0. The third-order valence-corrected chi connectivity index (χ3v) is 13.0. The summed E-state index contributed by atoms with van der Waals surface area (Å²) in [5, 5.41) is -0.327. The Morgan fingerprint density at radius 1 is 1.00 bits per heavy atom. The van der Waals surface area contributed by atoms with Gasteiger partial charge in [0.2, 0.25) is 5.13 Å². The summed E-state index contributed by atoms with van der Waals surface area (Å²) in [6.07, 6.45) is 4.01. The molecule has 250 valence electrons. The molecule has 0 unspecified atom stereocenters. The van der Waals surface area contributed by atoms with Crippen LogP contribution in [0.4, 0.5) is 9.52 Å². The zero-order chi connectivity index (χ0) is 33.3. The molecule has 3 atom stereocenters. The van der Waals surface area contributed by atoms with Crippen LogP contribution in [0, 0.1) is 5.82 Å². The number of aromatic nitrogens is 2. The van der Waals surface area contributed by atoms with Crippen molar-refractivity contribution in [3.63, 3.8) is 0 Å². The van der Waals surface area contributed by atoms with Crippen LogP contribution in [-0.2, 0) is 26.4 Å². The molecule has 0 N–H and O–H groups in total. The van der Waals surface area contributed by atoms with E-state index in [0.29, 0.717) is 55.2 Å². The van der Waals surface area contributed by atoms with Crippen LogP contribution in [0.15, 0.2) is 71.9 Å². The number of methoxy groups -OCH3 is 2. The van der Waals surface area contributed by atoms with Crippen molar-refractivity contribution >= 4 is 36.5 Å². The van der Waals surface area contributed by atoms with Crippen LogP contribution in [-0.4, -0.2) is 70.0 Å². The van der Waals surface area contributed by atoms with Gasteiger partial charge in [0.05, 0.1) is 37.5 Å². The Balaban J connectivity index is 1.34. The van der Waals surface area contributed by atoms with E-state index in [0.717, 1.165) is 22.7 Å². The minimum Gasteiger partial charge on any atom is -0.497 e. The molecule has 6 rings (SSSR count). The van der Waals surface area contributed by atoms with Gasteiger partial charge in [0.1, 0.15) is 39.2 Å². The summed E-state index contributed by atoms with van der Waals surface area (Å²) < 4.78 is 89.6. The first-order valence-electron chi connectivity index (χ1n) is 15.0. The van der Waals surface area contributed by atoms with Crippen molar-refractivity contribution in [1.29, 1.82) is 0 Å². The number of halogens is 1. The van der Waals surface area contributed by atoms with Crippen molar-refractivity contribution in [1.82, 2.24) is 14.3 Å². The van der Waals surface area contributed by atoms with Gasteiger partial charge in [-0.1, -0.05) is 18.2 Å². The Bertz CT molecular complexity index is 1940. The van der Waals surface area contributed by atoms with Gasteiger partial charge in [-0.25, -0.2) is 30.5 Å². The Kier molecular flexibility index (Phi) is 9.43. The zero-order valence-corrected chi connectivity index (χ0v) is 28.5. The molecule has 0 aliphatic carbocycles. The molecule has 0 amide bonds. The fourth-order valence-corrected chi connectivity index (χ4v) is 9.59. The number of ether oxygens (including phenoxy) is 3. The molecule has 3 heterocycles. The van der Waals surface area contributed by atoms with Gasteiger partial charge in [-0.3, -0.25) is 4.90 Å².